The maximum Gasteiger partial charge on any atom is 0.0615 e. The fraction of sp³-hybridized carbons (Fsp3) is 1.00. The Morgan fingerprint density at radius 1 is 1.24 bits per heavy atom. The molecule has 0 aromatic heterocycles. The SMILES string of the molecule is COCC(C)N1CCC(NCC2CC2)CC1.Cl. The van der Waals surface area contributed by atoms with Crippen LogP contribution in [0.2, 0.25) is 0 Å². The van der Waals surface area contributed by atoms with Crippen molar-refractivity contribution in [1.82, 2.24) is 10.2 Å². The number of piperidine rings is 1. The number of rotatable bonds is 6. The van der Waals surface area contributed by atoms with Crippen LogP contribution in [0.1, 0.15) is 32.6 Å². The highest BCUT2D eigenvalue weighted by Crippen LogP contribution is 2.28. The second-order valence-corrected chi connectivity index (χ2v) is 5.47. The van der Waals surface area contributed by atoms with Gasteiger partial charge in [-0.05, 0) is 58.2 Å². The molecule has 1 aliphatic carbocycles. The van der Waals surface area contributed by atoms with Crippen LogP contribution < -0.4 is 5.32 Å². The third-order valence-electron chi connectivity index (χ3n) is 3.95. The standard InChI is InChI=1S/C13H26N2O.ClH/c1-11(10-16-2)15-7-5-13(6-8-15)14-9-12-3-4-12;/h11-14H,3-10H2,1-2H3;1H. The molecule has 3 nitrogen and oxygen atoms in total. The number of methoxy groups -OCH3 is 1. The Labute approximate surface area is 112 Å². The Morgan fingerprint density at radius 2 is 1.88 bits per heavy atom. The number of hydrogen-bond acceptors (Lipinski definition) is 3. The van der Waals surface area contributed by atoms with Gasteiger partial charge in [-0.1, -0.05) is 0 Å². The fourth-order valence-corrected chi connectivity index (χ4v) is 2.55. The Kier molecular flexibility index (Phi) is 6.78. The van der Waals surface area contributed by atoms with Gasteiger partial charge in [0, 0.05) is 19.2 Å². The van der Waals surface area contributed by atoms with Crippen LogP contribution in [0.25, 0.3) is 0 Å². The molecule has 0 aromatic rings. The molecular weight excluding hydrogens is 236 g/mol. The average molecular weight is 263 g/mol. The van der Waals surface area contributed by atoms with Crippen molar-refractivity contribution >= 4 is 12.4 Å². The second-order valence-electron chi connectivity index (χ2n) is 5.47. The quantitative estimate of drug-likeness (QED) is 0.792. The number of ether oxygens (including phenoxy) is 1. The van der Waals surface area contributed by atoms with Crippen LogP contribution >= 0.6 is 12.4 Å². The Hall–Kier alpha value is 0.170. The van der Waals surface area contributed by atoms with E-state index in [0.29, 0.717) is 6.04 Å². The summed E-state index contributed by atoms with van der Waals surface area (Å²) in [5.74, 6) is 1.01. The predicted octanol–water partition coefficient (Wildman–Crippen LogP) is 1.91. The van der Waals surface area contributed by atoms with E-state index in [4.69, 9.17) is 4.74 Å². The summed E-state index contributed by atoms with van der Waals surface area (Å²) >= 11 is 0. The first-order chi connectivity index (χ1) is 7.79. The van der Waals surface area contributed by atoms with Crippen LogP contribution in [0.15, 0.2) is 0 Å². The van der Waals surface area contributed by atoms with Crippen molar-refractivity contribution in [2.24, 2.45) is 5.92 Å². The van der Waals surface area contributed by atoms with Gasteiger partial charge >= 0.3 is 0 Å². The molecule has 2 fully saturated rings. The van der Waals surface area contributed by atoms with Gasteiger partial charge in [-0.3, -0.25) is 4.90 Å². The molecule has 1 heterocycles. The summed E-state index contributed by atoms with van der Waals surface area (Å²) < 4.78 is 5.21. The van der Waals surface area contributed by atoms with E-state index < -0.39 is 0 Å². The third kappa shape index (κ3) is 5.12. The molecule has 0 amide bonds. The van der Waals surface area contributed by atoms with Gasteiger partial charge in [0.25, 0.3) is 0 Å². The lowest BCUT2D eigenvalue weighted by Crippen LogP contribution is -2.47. The van der Waals surface area contributed by atoms with Crippen LogP contribution in [0, 0.1) is 5.92 Å². The van der Waals surface area contributed by atoms with Gasteiger partial charge in [0.1, 0.15) is 0 Å². The van der Waals surface area contributed by atoms with Crippen LogP contribution in [0.3, 0.4) is 0 Å². The smallest absolute Gasteiger partial charge is 0.0615 e. The normalized spacial score (nSPS) is 24.4. The number of nitrogens with zero attached hydrogens (tertiary/aromatic N) is 1. The van der Waals surface area contributed by atoms with Crippen molar-refractivity contribution in [2.75, 3.05) is 33.4 Å². The van der Waals surface area contributed by atoms with Gasteiger partial charge in [-0.15, -0.1) is 12.4 Å². The molecule has 1 atom stereocenters. The van der Waals surface area contributed by atoms with E-state index >= 15 is 0 Å². The monoisotopic (exact) mass is 262 g/mol. The van der Waals surface area contributed by atoms with E-state index in [1.807, 2.05) is 0 Å². The first-order valence-electron chi connectivity index (χ1n) is 6.76. The maximum absolute atomic E-state index is 5.21. The minimum atomic E-state index is 0. The lowest BCUT2D eigenvalue weighted by molar-refractivity contribution is 0.0787. The molecule has 1 saturated carbocycles. The van der Waals surface area contributed by atoms with Crippen molar-refractivity contribution in [1.29, 1.82) is 0 Å². The molecule has 1 unspecified atom stereocenters. The van der Waals surface area contributed by atoms with E-state index in [1.165, 1.54) is 45.3 Å². The van der Waals surface area contributed by atoms with Gasteiger partial charge in [-0.2, -0.15) is 0 Å². The van der Waals surface area contributed by atoms with E-state index in [1.54, 1.807) is 7.11 Å². The lowest BCUT2D eigenvalue weighted by Gasteiger charge is -2.36. The third-order valence-corrected chi connectivity index (χ3v) is 3.95. The van der Waals surface area contributed by atoms with Crippen LogP contribution in [0.5, 0.6) is 0 Å². The zero-order chi connectivity index (χ0) is 11.4. The zero-order valence-corrected chi connectivity index (χ0v) is 12.0. The van der Waals surface area contributed by atoms with Crippen LogP contribution in [-0.4, -0.2) is 50.3 Å². The number of hydrogen-bond donors (Lipinski definition) is 1. The zero-order valence-electron chi connectivity index (χ0n) is 11.2. The van der Waals surface area contributed by atoms with Crippen molar-refractivity contribution in [3.8, 4) is 0 Å². The summed E-state index contributed by atoms with van der Waals surface area (Å²) in [5.41, 5.74) is 0. The minimum absolute atomic E-state index is 0. The van der Waals surface area contributed by atoms with Gasteiger partial charge in [0.15, 0.2) is 0 Å². The summed E-state index contributed by atoms with van der Waals surface area (Å²) in [6.45, 7) is 6.85. The lowest BCUT2D eigenvalue weighted by atomic mass is 10.0. The molecule has 0 radical (unpaired) electrons. The average Bonchev–Trinajstić information content (AvgIpc) is 3.11. The van der Waals surface area contributed by atoms with E-state index in [0.717, 1.165) is 18.6 Å². The highest BCUT2D eigenvalue weighted by atomic mass is 35.5. The van der Waals surface area contributed by atoms with E-state index in [-0.39, 0.29) is 12.4 Å². The summed E-state index contributed by atoms with van der Waals surface area (Å²) in [4.78, 5) is 2.55. The number of likely N-dealkylation sites (tertiary alicyclic amines) is 1. The summed E-state index contributed by atoms with van der Waals surface area (Å²) in [7, 11) is 1.79. The molecule has 0 spiro atoms. The van der Waals surface area contributed by atoms with E-state index in [9.17, 15) is 0 Å². The highest BCUT2D eigenvalue weighted by molar-refractivity contribution is 5.85. The van der Waals surface area contributed by atoms with Crippen molar-refractivity contribution in [3.63, 3.8) is 0 Å². The molecule has 2 aliphatic rings. The number of halogens is 1. The second kappa shape index (κ2) is 7.57. The molecule has 1 N–H and O–H groups in total. The predicted molar refractivity (Wildman–Crippen MR) is 73.9 cm³/mol. The largest absolute Gasteiger partial charge is 0.383 e. The topological polar surface area (TPSA) is 24.5 Å². The molecule has 17 heavy (non-hydrogen) atoms. The Morgan fingerprint density at radius 3 is 2.41 bits per heavy atom. The Bertz CT molecular complexity index is 204. The van der Waals surface area contributed by atoms with E-state index in [2.05, 4.69) is 17.1 Å². The van der Waals surface area contributed by atoms with Crippen molar-refractivity contribution in [2.45, 2.75) is 44.7 Å². The minimum Gasteiger partial charge on any atom is -0.383 e. The maximum atomic E-state index is 5.21. The first kappa shape index (κ1) is 15.2. The van der Waals surface area contributed by atoms with Crippen molar-refractivity contribution < 1.29 is 4.74 Å². The molecule has 0 bridgehead atoms. The van der Waals surface area contributed by atoms with Crippen LogP contribution in [-0.2, 0) is 4.74 Å². The van der Waals surface area contributed by atoms with Crippen LogP contribution in [0.4, 0.5) is 0 Å². The van der Waals surface area contributed by atoms with Crippen molar-refractivity contribution in [3.05, 3.63) is 0 Å². The fourth-order valence-electron chi connectivity index (χ4n) is 2.55. The molecule has 1 saturated heterocycles. The summed E-state index contributed by atoms with van der Waals surface area (Å²) in [5, 5.41) is 3.72. The molecule has 0 aromatic carbocycles. The molecule has 4 heteroatoms. The molecule has 2 rings (SSSR count). The summed E-state index contributed by atoms with van der Waals surface area (Å²) in [6, 6.07) is 1.35. The number of nitrogens with one attached hydrogen (secondary N) is 1. The highest BCUT2D eigenvalue weighted by Gasteiger charge is 2.25. The first-order valence-corrected chi connectivity index (χ1v) is 6.76. The van der Waals surface area contributed by atoms with Gasteiger partial charge in [0.05, 0.1) is 6.61 Å². The van der Waals surface area contributed by atoms with Gasteiger partial charge in [-0.25, -0.2) is 0 Å². The Balaban J connectivity index is 0.00000144. The van der Waals surface area contributed by atoms with Gasteiger partial charge < -0.3 is 10.1 Å². The molecule has 1 aliphatic heterocycles. The summed E-state index contributed by atoms with van der Waals surface area (Å²) in [6.07, 6.45) is 5.52. The molecular formula is C13H27ClN2O. The molecule has 102 valence electrons. The van der Waals surface area contributed by atoms with Gasteiger partial charge in [0.2, 0.25) is 0 Å².